The average molecular weight is 499 g/mol. The van der Waals surface area contributed by atoms with Gasteiger partial charge < -0.3 is 9.88 Å². The smallest absolute Gasteiger partial charge is 0.251 e. The molecule has 0 saturated heterocycles. The Labute approximate surface area is 201 Å². The van der Waals surface area contributed by atoms with Crippen LogP contribution in [0, 0.1) is 5.82 Å². The van der Waals surface area contributed by atoms with E-state index in [9.17, 15) is 17.6 Å². The van der Waals surface area contributed by atoms with E-state index >= 15 is 0 Å². The summed E-state index contributed by atoms with van der Waals surface area (Å²) in [5.74, 6) is 0.190. The molecule has 0 aliphatic heterocycles. The molecule has 1 aromatic heterocycles. The number of imidazole rings is 1. The molecule has 1 heterocycles. The molecule has 176 valence electrons. The fraction of sp³-hybridized carbons (Fsp3) is 0.167. The number of benzene rings is 3. The van der Waals surface area contributed by atoms with E-state index in [1.54, 1.807) is 48.2 Å². The van der Waals surface area contributed by atoms with E-state index in [1.165, 1.54) is 24.3 Å². The Morgan fingerprint density at radius 3 is 2.41 bits per heavy atom. The van der Waals surface area contributed by atoms with Crippen LogP contribution >= 0.6 is 11.8 Å². The van der Waals surface area contributed by atoms with Crippen molar-refractivity contribution in [3.05, 3.63) is 89.2 Å². The van der Waals surface area contributed by atoms with Crippen molar-refractivity contribution in [2.24, 2.45) is 12.2 Å². The van der Waals surface area contributed by atoms with Crippen LogP contribution in [0.2, 0.25) is 0 Å². The highest BCUT2D eigenvalue weighted by atomic mass is 32.2. The number of halogens is 1. The SMILES string of the molecule is Cn1c(SCc2ccc(F)cc2)nc2ccc(C(=O)NCCc3ccc(S(N)(=O)=O)cc3)cc21. The molecule has 0 spiro atoms. The summed E-state index contributed by atoms with van der Waals surface area (Å²) in [7, 11) is -1.82. The average Bonchev–Trinajstić information content (AvgIpc) is 3.13. The van der Waals surface area contributed by atoms with Crippen molar-refractivity contribution in [3.8, 4) is 0 Å². The highest BCUT2D eigenvalue weighted by Gasteiger charge is 2.13. The van der Waals surface area contributed by atoms with Gasteiger partial charge in [0.05, 0.1) is 15.9 Å². The maximum Gasteiger partial charge on any atom is 0.251 e. The van der Waals surface area contributed by atoms with Crippen LogP contribution in [0.1, 0.15) is 21.5 Å². The number of carbonyl (C=O) groups excluding carboxylic acids is 1. The predicted octanol–water partition coefficient (Wildman–Crippen LogP) is 3.62. The second-order valence-electron chi connectivity index (χ2n) is 7.77. The molecule has 3 N–H and O–H groups in total. The number of thioether (sulfide) groups is 1. The molecular weight excluding hydrogens is 475 g/mol. The van der Waals surface area contributed by atoms with E-state index in [4.69, 9.17) is 5.14 Å². The molecule has 1 amide bonds. The van der Waals surface area contributed by atoms with Crippen molar-refractivity contribution in [1.29, 1.82) is 0 Å². The lowest BCUT2D eigenvalue weighted by molar-refractivity contribution is 0.0954. The fourth-order valence-corrected chi connectivity index (χ4v) is 4.89. The molecule has 4 rings (SSSR count). The molecular formula is C24H23FN4O3S2. The number of rotatable bonds is 8. The minimum absolute atomic E-state index is 0.0555. The summed E-state index contributed by atoms with van der Waals surface area (Å²) in [5, 5.41) is 8.80. The number of fused-ring (bicyclic) bond motifs is 1. The summed E-state index contributed by atoms with van der Waals surface area (Å²) in [4.78, 5) is 17.3. The van der Waals surface area contributed by atoms with Gasteiger partial charge in [0, 0.05) is 24.9 Å². The Bertz CT molecular complexity index is 1430. The topological polar surface area (TPSA) is 107 Å². The molecule has 0 atom stereocenters. The number of hydrogen-bond donors (Lipinski definition) is 2. The van der Waals surface area contributed by atoms with Crippen LogP contribution in [0.25, 0.3) is 11.0 Å². The lowest BCUT2D eigenvalue weighted by atomic mass is 10.1. The molecule has 10 heteroatoms. The van der Waals surface area contributed by atoms with Crippen LogP contribution < -0.4 is 10.5 Å². The van der Waals surface area contributed by atoms with Crippen LogP contribution in [-0.2, 0) is 29.2 Å². The summed E-state index contributed by atoms with van der Waals surface area (Å²) in [6.45, 7) is 0.399. The number of aromatic nitrogens is 2. The Kier molecular flexibility index (Phi) is 7.01. The lowest BCUT2D eigenvalue weighted by Crippen LogP contribution is -2.25. The van der Waals surface area contributed by atoms with Gasteiger partial charge in [0.2, 0.25) is 10.0 Å². The third-order valence-electron chi connectivity index (χ3n) is 5.33. The normalized spacial score (nSPS) is 11.6. The molecule has 0 fully saturated rings. The van der Waals surface area contributed by atoms with Gasteiger partial charge in [0.25, 0.3) is 5.91 Å². The fourth-order valence-electron chi connectivity index (χ4n) is 3.43. The molecule has 3 aromatic carbocycles. The van der Waals surface area contributed by atoms with Crippen LogP contribution in [-0.4, -0.2) is 30.4 Å². The Balaban J connectivity index is 1.38. The Morgan fingerprint density at radius 2 is 1.74 bits per heavy atom. The highest BCUT2D eigenvalue weighted by molar-refractivity contribution is 7.98. The van der Waals surface area contributed by atoms with Crippen LogP contribution in [0.3, 0.4) is 0 Å². The number of hydrogen-bond acceptors (Lipinski definition) is 5. The van der Waals surface area contributed by atoms with Crippen molar-refractivity contribution in [2.45, 2.75) is 22.2 Å². The summed E-state index contributed by atoms with van der Waals surface area (Å²) in [6.07, 6.45) is 0.550. The Hall–Kier alpha value is -3.21. The van der Waals surface area contributed by atoms with Gasteiger partial charge >= 0.3 is 0 Å². The third-order valence-corrected chi connectivity index (χ3v) is 7.36. The van der Waals surface area contributed by atoms with Crippen LogP contribution in [0.5, 0.6) is 0 Å². The van der Waals surface area contributed by atoms with E-state index in [0.717, 1.165) is 27.3 Å². The second-order valence-corrected chi connectivity index (χ2v) is 10.3. The summed E-state index contributed by atoms with van der Waals surface area (Å²) in [5.41, 5.74) is 4.04. The molecule has 0 unspecified atom stereocenters. The second kappa shape index (κ2) is 9.96. The van der Waals surface area contributed by atoms with Crippen molar-refractivity contribution in [3.63, 3.8) is 0 Å². The van der Waals surface area contributed by atoms with Gasteiger partial charge in [0.15, 0.2) is 5.16 Å². The van der Waals surface area contributed by atoms with Crippen LogP contribution in [0.4, 0.5) is 4.39 Å². The van der Waals surface area contributed by atoms with E-state index in [-0.39, 0.29) is 16.6 Å². The van der Waals surface area contributed by atoms with Gasteiger partial charge in [-0.2, -0.15) is 0 Å². The number of nitrogens with zero attached hydrogens (tertiary/aromatic N) is 2. The van der Waals surface area contributed by atoms with E-state index in [1.807, 2.05) is 17.7 Å². The van der Waals surface area contributed by atoms with Gasteiger partial charge in [-0.1, -0.05) is 36.0 Å². The largest absolute Gasteiger partial charge is 0.352 e. The molecule has 0 aliphatic rings. The number of nitrogens with two attached hydrogens (primary N) is 1. The van der Waals surface area contributed by atoms with Crippen LogP contribution in [0.15, 0.2) is 76.8 Å². The maximum atomic E-state index is 13.1. The number of amides is 1. The summed E-state index contributed by atoms with van der Waals surface area (Å²) in [6, 6.07) is 18.0. The van der Waals surface area contributed by atoms with Gasteiger partial charge in [-0.15, -0.1) is 0 Å². The number of primary sulfonamides is 1. The maximum absolute atomic E-state index is 13.1. The molecule has 34 heavy (non-hydrogen) atoms. The zero-order valence-corrected chi connectivity index (χ0v) is 20.0. The van der Waals surface area contributed by atoms with Crippen molar-refractivity contribution < 1.29 is 17.6 Å². The minimum atomic E-state index is -3.72. The first kappa shape index (κ1) is 23.9. The molecule has 0 saturated carbocycles. The molecule has 0 radical (unpaired) electrons. The predicted molar refractivity (Wildman–Crippen MR) is 131 cm³/mol. The molecule has 0 bridgehead atoms. The summed E-state index contributed by atoms with van der Waals surface area (Å²) >= 11 is 1.54. The lowest BCUT2D eigenvalue weighted by Gasteiger charge is -2.07. The van der Waals surface area contributed by atoms with Gasteiger partial charge in [-0.05, 0) is 60.0 Å². The monoisotopic (exact) mass is 498 g/mol. The van der Waals surface area contributed by atoms with Crippen molar-refractivity contribution in [2.75, 3.05) is 6.54 Å². The molecule has 0 aliphatic carbocycles. The number of sulfonamides is 1. The summed E-state index contributed by atoms with van der Waals surface area (Å²) < 4.78 is 37.7. The van der Waals surface area contributed by atoms with E-state index in [0.29, 0.717) is 24.3 Å². The standard InChI is InChI=1S/C24H23FN4O3S2/c1-29-22-14-18(23(30)27-13-12-16-4-9-20(10-5-16)34(26,31)32)6-11-21(22)28-24(29)33-15-17-2-7-19(25)8-3-17/h2-11,14H,12-13,15H2,1H3,(H,27,30)(H2,26,31,32). The van der Waals surface area contributed by atoms with Gasteiger partial charge in [0.1, 0.15) is 5.82 Å². The third kappa shape index (κ3) is 5.64. The van der Waals surface area contributed by atoms with Gasteiger partial charge in [-0.25, -0.2) is 22.9 Å². The van der Waals surface area contributed by atoms with Crippen molar-refractivity contribution >= 4 is 38.7 Å². The van der Waals surface area contributed by atoms with E-state index in [2.05, 4.69) is 10.3 Å². The minimum Gasteiger partial charge on any atom is -0.352 e. The first-order valence-corrected chi connectivity index (χ1v) is 13.0. The number of nitrogens with one attached hydrogen (secondary N) is 1. The number of aryl methyl sites for hydroxylation is 1. The zero-order valence-electron chi connectivity index (χ0n) is 18.4. The highest BCUT2D eigenvalue weighted by Crippen LogP contribution is 2.26. The Morgan fingerprint density at radius 1 is 1.06 bits per heavy atom. The van der Waals surface area contributed by atoms with Crippen molar-refractivity contribution in [1.82, 2.24) is 14.9 Å². The first-order valence-electron chi connectivity index (χ1n) is 10.4. The van der Waals surface area contributed by atoms with E-state index < -0.39 is 10.0 Å². The first-order chi connectivity index (χ1) is 16.2. The zero-order chi connectivity index (χ0) is 24.3. The quantitative estimate of drug-likeness (QED) is 0.361. The van der Waals surface area contributed by atoms with Gasteiger partial charge in [-0.3, -0.25) is 4.79 Å². The molecule has 4 aromatic rings. The number of carbonyl (C=O) groups is 1. The molecule has 7 nitrogen and oxygen atoms in total.